The van der Waals surface area contributed by atoms with Crippen molar-refractivity contribution in [3.05, 3.63) is 40.2 Å². The quantitative estimate of drug-likeness (QED) is 0.776. The minimum absolute atomic E-state index is 0.125. The zero-order valence-corrected chi connectivity index (χ0v) is 11.4. The van der Waals surface area contributed by atoms with Gasteiger partial charge in [0.25, 0.3) is 5.89 Å². The number of para-hydroxylation sites is 1. The number of aromatic hydroxyl groups is 1. The maximum atomic E-state index is 9.72. The number of benzene rings is 1. The zero-order valence-electron chi connectivity index (χ0n) is 9.00. The van der Waals surface area contributed by atoms with Crippen molar-refractivity contribution in [3.8, 4) is 27.9 Å². The molecule has 0 atom stereocenters. The van der Waals surface area contributed by atoms with E-state index in [-0.39, 0.29) is 5.75 Å². The Kier molecular flexibility index (Phi) is 2.89. The molecule has 18 heavy (non-hydrogen) atoms. The van der Waals surface area contributed by atoms with Crippen molar-refractivity contribution in [2.45, 2.75) is 0 Å². The van der Waals surface area contributed by atoms with Crippen LogP contribution in [-0.2, 0) is 0 Å². The third-order valence-corrected chi connectivity index (χ3v) is 3.97. The Morgan fingerprint density at radius 2 is 2.00 bits per heavy atom. The molecule has 1 aromatic carbocycles. The number of thiophene rings is 1. The van der Waals surface area contributed by atoms with Gasteiger partial charge in [-0.3, -0.25) is 0 Å². The van der Waals surface area contributed by atoms with Crippen molar-refractivity contribution in [3.63, 3.8) is 0 Å². The molecule has 6 heteroatoms. The molecule has 0 radical (unpaired) electrons. The molecule has 1 N–H and O–H groups in total. The van der Waals surface area contributed by atoms with Gasteiger partial charge in [-0.2, -0.15) is 4.98 Å². The molecule has 2 heterocycles. The number of nitrogens with zero attached hydrogens (tertiary/aromatic N) is 2. The minimum atomic E-state index is 0.125. The van der Waals surface area contributed by atoms with E-state index in [0.717, 1.165) is 8.66 Å². The summed E-state index contributed by atoms with van der Waals surface area (Å²) in [6.07, 6.45) is 0. The number of hydrogen-bond donors (Lipinski definition) is 1. The van der Waals surface area contributed by atoms with E-state index in [2.05, 4.69) is 26.1 Å². The molecule has 0 saturated carbocycles. The van der Waals surface area contributed by atoms with Crippen LogP contribution in [-0.4, -0.2) is 15.2 Å². The van der Waals surface area contributed by atoms with Crippen molar-refractivity contribution >= 4 is 27.3 Å². The van der Waals surface area contributed by atoms with Gasteiger partial charge in [-0.1, -0.05) is 17.3 Å². The van der Waals surface area contributed by atoms with E-state index in [4.69, 9.17) is 4.52 Å². The van der Waals surface area contributed by atoms with E-state index in [1.54, 1.807) is 24.3 Å². The first-order valence-electron chi connectivity index (χ1n) is 5.12. The number of aromatic nitrogens is 2. The first kappa shape index (κ1) is 11.4. The van der Waals surface area contributed by atoms with Gasteiger partial charge in [0.05, 0.1) is 14.2 Å². The van der Waals surface area contributed by atoms with Gasteiger partial charge in [0.2, 0.25) is 5.82 Å². The molecular weight excluding hydrogens is 316 g/mol. The summed E-state index contributed by atoms with van der Waals surface area (Å²) in [5.74, 6) is 0.955. The first-order valence-corrected chi connectivity index (χ1v) is 6.73. The number of hydrogen-bond acceptors (Lipinski definition) is 5. The standard InChI is InChI=1S/C12H7BrN2O2S/c13-10-6-5-9(18-10)11-14-12(17-15-11)7-3-1-2-4-8(7)16/h1-6,16H. The number of phenols is 1. The zero-order chi connectivity index (χ0) is 12.5. The van der Waals surface area contributed by atoms with Crippen LogP contribution in [0.15, 0.2) is 44.7 Å². The van der Waals surface area contributed by atoms with Crippen LogP contribution in [0.1, 0.15) is 0 Å². The van der Waals surface area contributed by atoms with Gasteiger partial charge >= 0.3 is 0 Å². The van der Waals surface area contributed by atoms with Crippen LogP contribution in [0.5, 0.6) is 5.75 Å². The van der Waals surface area contributed by atoms with Crippen LogP contribution in [0.2, 0.25) is 0 Å². The molecule has 0 aliphatic heterocycles. The highest BCUT2D eigenvalue weighted by molar-refractivity contribution is 9.11. The molecular formula is C12H7BrN2O2S. The van der Waals surface area contributed by atoms with Gasteiger partial charge in [0.1, 0.15) is 5.75 Å². The van der Waals surface area contributed by atoms with Crippen molar-refractivity contribution in [2.75, 3.05) is 0 Å². The summed E-state index contributed by atoms with van der Waals surface area (Å²) < 4.78 is 6.17. The third kappa shape index (κ3) is 2.04. The summed E-state index contributed by atoms with van der Waals surface area (Å²) in [4.78, 5) is 5.19. The minimum Gasteiger partial charge on any atom is -0.507 e. The van der Waals surface area contributed by atoms with E-state index < -0.39 is 0 Å². The maximum Gasteiger partial charge on any atom is 0.262 e. The Bertz CT molecular complexity index is 693. The molecule has 0 bridgehead atoms. The SMILES string of the molecule is Oc1ccccc1-c1nc(-c2ccc(Br)s2)no1. The monoisotopic (exact) mass is 322 g/mol. The van der Waals surface area contributed by atoms with E-state index in [1.165, 1.54) is 11.3 Å². The number of halogens is 1. The van der Waals surface area contributed by atoms with Crippen LogP contribution in [0.25, 0.3) is 22.2 Å². The average molecular weight is 323 g/mol. The molecule has 3 rings (SSSR count). The predicted molar refractivity (Wildman–Crippen MR) is 72.4 cm³/mol. The van der Waals surface area contributed by atoms with Crippen molar-refractivity contribution in [1.82, 2.24) is 10.1 Å². The first-order chi connectivity index (χ1) is 8.74. The Morgan fingerprint density at radius 3 is 2.72 bits per heavy atom. The van der Waals surface area contributed by atoms with Crippen LogP contribution in [0.4, 0.5) is 0 Å². The normalized spacial score (nSPS) is 10.7. The summed E-state index contributed by atoms with van der Waals surface area (Å²) in [7, 11) is 0. The Morgan fingerprint density at radius 1 is 1.17 bits per heavy atom. The summed E-state index contributed by atoms with van der Waals surface area (Å²) in [5.41, 5.74) is 0.534. The van der Waals surface area contributed by atoms with E-state index in [1.807, 2.05) is 12.1 Å². The second-order valence-electron chi connectivity index (χ2n) is 3.54. The lowest BCUT2D eigenvalue weighted by Gasteiger charge is -1.96. The highest BCUT2D eigenvalue weighted by Gasteiger charge is 2.14. The van der Waals surface area contributed by atoms with Crippen LogP contribution < -0.4 is 0 Å². The van der Waals surface area contributed by atoms with Gasteiger partial charge < -0.3 is 9.63 Å². The number of phenolic OH excluding ortho intramolecular Hbond substituents is 1. The van der Waals surface area contributed by atoms with Crippen LogP contribution in [0.3, 0.4) is 0 Å². The summed E-state index contributed by atoms with van der Waals surface area (Å²) in [6, 6.07) is 10.7. The molecule has 0 unspecified atom stereocenters. The van der Waals surface area contributed by atoms with Crippen molar-refractivity contribution < 1.29 is 9.63 Å². The molecule has 0 aliphatic rings. The molecule has 0 spiro atoms. The fraction of sp³-hybridized carbons (Fsp3) is 0. The molecule has 0 amide bonds. The van der Waals surface area contributed by atoms with E-state index in [0.29, 0.717) is 17.3 Å². The highest BCUT2D eigenvalue weighted by atomic mass is 79.9. The summed E-state index contributed by atoms with van der Waals surface area (Å²) in [5, 5.41) is 13.6. The molecule has 0 aliphatic carbocycles. The average Bonchev–Trinajstić information content (AvgIpc) is 2.98. The van der Waals surface area contributed by atoms with E-state index in [9.17, 15) is 5.11 Å². The second-order valence-corrected chi connectivity index (χ2v) is 6.01. The largest absolute Gasteiger partial charge is 0.507 e. The smallest absolute Gasteiger partial charge is 0.262 e. The van der Waals surface area contributed by atoms with Gasteiger partial charge in [-0.25, -0.2) is 0 Å². The predicted octanol–water partition coefficient (Wildman–Crippen LogP) is 3.93. The van der Waals surface area contributed by atoms with Crippen LogP contribution in [0, 0.1) is 0 Å². The molecule has 4 nitrogen and oxygen atoms in total. The Balaban J connectivity index is 2.02. The van der Waals surface area contributed by atoms with Gasteiger partial charge in [-0.15, -0.1) is 11.3 Å². The van der Waals surface area contributed by atoms with Crippen LogP contribution >= 0.6 is 27.3 Å². The fourth-order valence-corrected chi connectivity index (χ4v) is 2.83. The fourth-order valence-electron chi connectivity index (χ4n) is 1.52. The van der Waals surface area contributed by atoms with E-state index >= 15 is 0 Å². The topological polar surface area (TPSA) is 59.2 Å². The molecule has 2 aromatic heterocycles. The highest BCUT2D eigenvalue weighted by Crippen LogP contribution is 2.32. The maximum absolute atomic E-state index is 9.72. The Hall–Kier alpha value is -1.66. The van der Waals surface area contributed by atoms with Crippen molar-refractivity contribution in [2.24, 2.45) is 0 Å². The molecule has 90 valence electrons. The third-order valence-electron chi connectivity index (χ3n) is 2.35. The van der Waals surface area contributed by atoms with Gasteiger partial charge in [0, 0.05) is 0 Å². The molecule has 0 saturated heterocycles. The number of rotatable bonds is 2. The Labute approximate surface area is 115 Å². The molecule has 3 aromatic rings. The van der Waals surface area contributed by atoms with Crippen molar-refractivity contribution in [1.29, 1.82) is 0 Å². The van der Waals surface area contributed by atoms with Gasteiger partial charge in [0.15, 0.2) is 0 Å². The lowest BCUT2D eigenvalue weighted by Crippen LogP contribution is -1.79. The lowest BCUT2D eigenvalue weighted by molar-refractivity contribution is 0.426. The summed E-state index contributed by atoms with van der Waals surface area (Å²) >= 11 is 4.91. The molecule has 0 fully saturated rings. The summed E-state index contributed by atoms with van der Waals surface area (Å²) in [6.45, 7) is 0. The second kappa shape index (κ2) is 4.55. The lowest BCUT2D eigenvalue weighted by atomic mass is 10.2. The van der Waals surface area contributed by atoms with Gasteiger partial charge in [-0.05, 0) is 40.2 Å².